The lowest BCUT2D eigenvalue weighted by molar-refractivity contribution is -0.131. The van der Waals surface area contributed by atoms with Gasteiger partial charge in [0, 0.05) is 25.3 Å². The van der Waals surface area contributed by atoms with Gasteiger partial charge in [-0.2, -0.15) is 0 Å². The van der Waals surface area contributed by atoms with E-state index in [-0.39, 0.29) is 36.4 Å². The number of likely N-dealkylation sites (tertiary alicyclic amines) is 1. The summed E-state index contributed by atoms with van der Waals surface area (Å²) < 4.78 is 11.2. The largest absolute Gasteiger partial charge is 0.457 e. The van der Waals surface area contributed by atoms with Gasteiger partial charge in [-0.3, -0.25) is 14.5 Å². The first-order valence-corrected chi connectivity index (χ1v) is 16.6. The highest BCUT2D eigenvalue weighted by Gasteiger charge is 2.34. The zero-order valence-electron chi connectivity index (χ0n) is 27.3. The van der Waals surface area contributed by atoms with Crippen molar-refractivity contribution in [3.63, 3.8) is 0 Å². The number of ether oxygens (including phenoxy) is 2. The number of thiophene rings is 1. The summed E-state index contributed by atoms with van der Waals surface area (Å²) >= 11 is 1.20. The molecule has 4 aromatic rings. The Kier molecular flexibility index (Phi) is 9.22. The van der Waals surface area contributed by atoms with Gasteiger partial charge >= 0.3 is 12.1 Å². The zero-order chi connectivity index (χ0) is 34.0. The van der Waals surface area contributed by atoms with Crippen LogP contribution in [-0.2, 0) is 9.53 Å². The lowest BCUT2D eigenvalue weighted by atomic mass is 9.99. The molecular weight excluding hydrogens is 632 g/mol. The smallest absolute Gasteiger partial charge is 0.407 e. The molecule has 2 aromatic heterocycles. The van der Waals surface area contributed by atoms with E-state index in [0.717, 1.165) is 5.56 Å². The Morgan fingerprint density at radius 2 is 1.85 bits per heavy atom. The van der Waals surface area contributed by atoms with E-state index in [1.165, 1.54) is 11.3 Å². The molecule has 13 heteroatoms. The predicted molar refractivity (Wildman–Crippen MR) is 184 cm³/mol. The highest BCUT2D eigenvalue weighted by atomic mass is 32.1. The van der Waals surface area contributed by atoms with E-state index in [0.29, 0.717) is 69.6 Å². The van der Waals surface area contributed by atoms with Crippen LogP contribution in [0.5, 0.6) is 11.5 Å². The third kappa shape index (κ3) is 7.20. The number of urea groups is 1. The molecule has 0 spiro atoms. The van der Waals surface area contributed by atoms with Gasteiger partial charge in [0.25, 0.3) is 5.91 Å². The number of aryl methyl sites for hydroxylation is 1. The summed E-state index contributed by atoms with van der Waals surface area (Å²) in [6.45, 7) is 8.62. The van der Waals surface area contributed by atoms with Crippen molar-refractivity contribution in [3.05, 3.63) is 71.2 Å². The number of amides is 5. The number of alkyl carbamates (subject to hydrolysis) is 1. The molecule has 5 amide bonds. The van der Waals surface area contributed by atoms with Crippen LogP contribution in [0.25, 0.3) is 10.2 Å². The number of carbonyl (C=O) groups excluding carboxylic acids is 4. The van der Waals surface area contributed by atoms with Crippen molar-refractivity contribution < 1.29 is 28.7 Å². The Morgan fingerprint density at radius 3 is 2.60 bits per heavy atom. The molecule has 1 atom stereocenters. The molecule has 3 N–H and O–H groups in total. The monoisotopic (exact) mass is 670 g/mol. The third-order valence-electron chi connectivity index (χ3n) is 7.97. The van der Waals surface area contributed by atoms with Crippen LogP contribution >= 0.6 is 11.3 Å². The van der Waals surface area contributed by atoms with Crippen LogP contribution in [0.15, 0.2) is 60.8 Å². The molecule has 1 saturated heterocycles. The summed E-state index contributed by atoms with van der Waals surface area (Å²) in [5.41, 5.74) is 2.36. The number of piperidine rings is 1. The van der Waals surface area contributed by atoms with Crippen molar-refractivity contribution >= 4 is 62.6 Å². The summed E-state index contributed by atoms with van der Waals surface area (Å²) in [4.78, 5) is 60.9. The van der Waals surface area contributed by atoms with Gasteiger partial charge in [-0.1, -0.05) is 39.0 Å². The number of nitrogens with zero attached hydrogens (tertiary/aromatic N) is 3. The minimum absolute atomic E-state index is 0.184. The number of aromatic nitrogens is 1. The minimum Gasteiger partial charge on any atom is -0.457 e. The molecule has 0 aliphatic carbocycles. The molecule has 6 rings (SSSR count). The van der Waals surface area contributed by atoms with E-state index in [1.807, 2.05) is 76.2 Å². The first-order valence-electron chi connectivity index (χ1n) is 15.8. The predicted octanol–water partition coefficient (Wildman–Crippen LogP) is 6.57. The van der Waals surface area contributed by atoms with Crippen LogP contribution in [0.1, 0.15) is 48.8 Å². The van der Waals surface area contributed by atoms with Crippen LogP contribution in [-0.4, -0.2) is 66.1 Å². The summed E-state index contributed by atoms with van der Waals surface area (Å²) in [6, 6.07) is 16.1. The summed E-state index contributed by atoms with van der Waals surface area (Å²) in [5.74, 6) is 0.750. The van der Waals surface area contributed by atoms with Crippen molar-refractivity contribution in [2.24, 2.45) is 5.41 Å². The van der Waals surface area contributed by atoms with Gasteiger partial charge in [-0.15, -0.1) is 11.3 Å². The number of nitrogens with one attached hydrogen (secondary N) is 3. The van der Waals surface area contributed by atoms with Crippen molar-refractivity contribution in [2.75, 3.05) is 36.5 Å². The van der Waals surface area contributed by atoms with E-state index in [1.54, 1.807) is 22.1 Å². The second-order valence-corrected chi connectivity index (χ2v) is 14.1. The first-order chi connectivity index (χ1) is 23.0. The number of hydrogen-bond acceptors (Lipinski definition) is 8. The summed E-state index contributed by atoms with van der Waals surface area (Å²) in [6.07, 6.45) is 2.36. The van der Waals surface area contributed by atoms with Gasteiger partial charge in [-0.25, -0.2) is 14.6 Å². The molecule has 250 valence electrons. The summed E-state index contributed by atoms with van der Waals surface area (Å²) in [5, 5.41) is 9.19. The Morgan fingerprint density at radius 1 is 1.06 bits per heavy atom. The molecule has 0 unspecified atom stereocenters. The van der Waals surface area contributed by atoms with Gasteiger partial charge < -0.3 is 30.3 Å². The number of rotatable bonds is 8. The molecule has 2 aliphatic rings. The average molecular weight is 671 g/mol. The number of anilines is 3. The highest BCUT2D eigenvalue weighted by Crippen LogP contribution is 2.46. The molecule has 0 saturated carbocycles. The fourth-order valence-corrected chi connectivity index (χ4v) is 6.74. The molecule has 0 bridgehead atoms. The third-order valence-corrected chi connectivity index (χ3v) is 9.07. The number of pyridine rings is 1. The van der Waals surface area contributed by atoms with E-state index in [4.69, 9.17) is 9.47 Å². The number of benzene rings is 2. The van der Waals surface area contributed by atoms with Gasteiger partial charge in [0.15, 0.2) is 0 Å². The van der Waals surface area contributed by atoms with Crippen LogP contribution < -0.4 is 25.6 Å². The van der Waals surface area contributed by atoms with Crippen LogP contribution in [0.4, 0.5) is 26.7 Å². The van der Waals surface area contributed by atoms with Crippen LogP contribution in [0.2, 0.25) is 0 Å². The van der Waals surface area contributed by atoms with Crippen LogP contribution in [0.3, 0.4) is 0 Å². The molecule has 2 aliphatic heterocycles. The van der Waals surface area contributed by atoms with E-state index in [9.17, 15) is 19.2 Å². The first kappa shape index (κ1) is 32.8. The zero-order valence-corrected chi connectivity index (χ0v) is 28.1. The molecule has 1 fully saturated rings. The van der Waals surface area contributed by atoms with Crippen molar-refractivity contribution in [3.8, 4) is 11.5 Å². The Labute approximate surface area is 282 Å². The lowest BCUT2D eigenvalue weighted by Crippen LogP contribution is -2.51. The molecule has 2 aromatic carbocycles. The summed E-state index contributed by atoms with van der Waals surface area (Å²) in [7, 11) is 0. The van der Waals surface area contributed by atoms with E-state index < -0.39 is 12.1 Å². The molecular formula is C35H38N6O6S. The quantitative estimate of drug-likeness (QED) is 0.192. The van der Waals surface area contributed by atoms with Gasteiger partial charge in [0.05, 0.1) is 29.1 Å². The van der Waals surface area contributed by atoms with Gasteiger partial charge in [0.2, 0.25) is 5.91 Å². The van der Waals surface area contributed by atoms with Crippen molar-refractivity contribution in [1.82, 2.24) is 20.5 Å². The molecule has 0 radical (unpaired) electrons. The molecule has 48 heavy (non-hydrogen) atoms. The maximum Gasteiger partial charge on any atom is 0.407 e. The number of hydrogen-bond donors (Lipinski definition) is 3. The molecule has 12 nitrogen and oxygen atoms in total. The second-order valence-electron chi connectivity index (χ2n) is 13.1. The van der Waals surface area contributed by atoms with Crippen LogP contribution in [0, 0.1) is 12.3 Å². The van der Waals surface area contributed by atoms with Crippen molar-refractivity contribution in [1.29, 1.82) is 0 Å². The number of carbonyl (C=O) groups is 4. The second kappa shape index (κ2) is 13.5. The van der Waals surface area contributed by atoms with E-state index >= 15 is 0 Å². The maximum absolute atomic E-state index is 13.7. The minimum atomic E-state index is -0.642. The topological polar surface area (TPSA) is 142 Å². The SMILES string of the molecule is Cc1cc(Oc2ccccc2)ccc1N1C(=O)Nc2c(C(=O)N[C@@H]3CCCN(C(=O)CNC(=O)OCC(C)(C)C)C3)sc3nccc1c23. The lowest BCUT2D eigenvalue weighted by Gasteiger charge is -2.33. The Hall–Kier alpha value is -5.17. The Bertz CT molecular complexity index is 1870. The van der Waals surface area contributed by atoms with Gasteiger partial charge in [-0.05, 0) is 67.1 Å². The van der Waals surface area contributed by atoms with Crippen molar-refractivity contribution in [2.45, 2.75) is 46.6 Å². The highest BCUT2D eigenvalue weighted by molar-refractivity contribution is 7.21. The standard InChI is InChI=1S/C35H38N6O6S/c1-21-17-24(47-23-10-6-5-7-11-23)12-13-25(21)41-26-14-15-36-32-28(26)29(39-33(41)44)30(48-32)31(43)38-22-9-8-16-40(19-22)27(42)18-37-34(45)46-20-35(2,3)4/h5-7,10-15,17,22H,8-9,16,18-20H2,1-4H3,(H,37,45)(H,38,43)(H,39,44)/t22-/m1/s1. The van der Waals surface area contributed by atoms with E-state index in [2.05, 4.69) is 20.9 Å². The fourth-order valence-electron chi connectivity index (χ4n) is 5.72. The fraction of sp³-hybridized carbons (Fsp3) is 0.343. The average Bonchev–Trinajstić information content (AvgIpc) is 3.43. The molecule has 4 heterocycles. The van der Waals surface area contributed by atoms with Gasteiger partial charge in [0.1, 0.15) is 27.8 Å². The Balaban J connectivity index is 1.15. The normalized spacial score (nSPS) is 15.9. The maximum atomic E-state index is 13.7. The number of para-hydroxylation sites is 1.